The van der Waals surface area contributed by atoms with Gasteiger partial charge in [-0.05, 0) is 26.2 Å². The number of alkyl halides is 2. The van der Waals surface area contributed by atoms with Crippen LogP contribution in [0.3, 0.4) is 0 Å². The van der Waals surface area contributed by atoms with Crippen LogP contribution in [0.2, 0.25) is 0 Å². The molecule has 10 heavy (non-hydrogen) atoms. The van der Waals surface area contributed by atoms with Crippen molar-refractivity contribution in [3.8, 4) is 0 Å². The highest BCUT2D eigenvalue weighted by molar-refractivity contribution is 9.10. The molecule has 0 aromatic carbocycles. The van der Waals surface area contributed by atoms with Crippen molar-refractivity contribution in [3.05, 3.63) is 0 Å². The van der Waals surface area contributed by atoms with E-state index in [0.717, 1.165) is 0 Å². The van der Waals surface area contributed by atoms with Crippen molar-refractivity contribution in [1.82, 2.24) is 0 Å². The fourth-order valence-corrected chi connectivity index (χ4v) is 1.13. The molecule has 2 atom stereocenters. The molecule has 2 unspecified atom stereocenters. The van der Waals surface area contributed by atoms with E-state index in [4.69, 9.17) is 0 Å². The SMILES string of the molecule is CCC(C)(Br)CCC(C)Br. The third-order valence-electron chi connectivity index (χ3n) is 1.80. The van der Waals surface area contributed by atoms with E-state index in [2.05, 4.69) is 52.6 Å². The monoisotopic (exact) mass is 270 g/mol. The smallest absolute Gasteiger partial charge is 0.0227 e. The van der Waals surface area contributed by atoms with Crippen LogP contribution >= 0.6 is 31.9 Å². The Morgan fingerprint density at radius 3 is 2.30 bits per heavy atom. The van der Waals surface area contributed by atoms with E-state index in [1.807, 2.05) is 0 Å². The van der Waals surface area contributed by atoms with E-state index in [-0.39, 0.29) is 0 Å². The van der Waals surface area contributed by atoms with Crippen LogP contribution in [0.5, 0.6) is 0 Å². The lowest BCUT2D eigenvalue weighted by molar-refractivity contribution is 0.555. The molecule has 0 aliphatic carbocycles. The highest BCUT2D eigenvalue weighted by Crippen LogP contribution is 2.28. The fraction of sp³-hybridized carbons (Fsp3) is 1.00. The molecule has 0 bridgehead atoms. The van der Waals surface area contributed by atoms with Crippen molar-refractivity contribution in [2.24, 2.45) is 0 Å². The van der Waals surface area contributed by atoms with Gasteiger partial charge in [-0.3, -0.25) is 0 Å². The maximum atomic E-state index is 3.69. The maximum Gasteiger partial charge on any atom is 0.0227 e. The minimum Gasteiger partial charge on any atom is -0.0894 e. The Morgan fingerprint density at radius 1 is 1.50 bits per heavy atom. The van der Waals surface area contributed by atoms with Crippen molar-refractivity contribution in [3.63, 3.8) is 0 Å². The lowest BCUT2D eigenvalue weighted by Crippen LogP contribution is -2.14. The van der Waals surface area contributed by atoms with Gasteiger partial charge < -0.3 is 0 Å². The molecule has 0 nitrogen and oxygen atoms in total. The van der Waals surface area contributed by atoms with Crippen molar-refractivity contribution < 1.29 is 0 Å². The van der Waals surface area contributed by atoms with Gasteiger partial charge in [-0.1, -0.05) is 45.7 Å². The van der Waals surface area contributed by atoms with Gasteiger partial charge >= 0.3 is 0 Å². The summed E-state index contributed by atoms with van der Waals surface area (Å²) in [5, 5.41) is 0. The van der Waals surface area contributed by atoms with Gasteiger partial charge in [0.2, 0.25) is 0 Å². The molecule has 0 amide bonds. The van der Waals surface area contributed by atoms with Gasteiger partial charge in [0.1, 0.15) is 0 Å². The van der Waals surface area contributed by atoms with E-state index >= 15 is 0 Å². The Hall–Kier alpha value is 0.960. The van der Waals surface area contributed by atoms with Crippen LogP contribution in [0.15, 0.2) is 0 Å². The van der Waals surface area contributed by atoms with Gasteiger partial charge in [0, 0.05) is 9.15 Å². The summed E-state index contributed by atoms with van der Waals surface area (Å²) in [4.78, 5) is 0.649. The molecule has 2 heteroatoms. The molecule has 0 saturated carbocycles. The zero-order chi connectivity index (χ0) is 8.20. The Morgan fingerprint density at radius 2 is 2.00 bits per heavy atom. The summed E-state index contributed by atoms with van der Waals surface area (Å²) in [6.45, 7) is 6.66. The van der Waals surface area contributed by atoms with Gasteiger partial charge in [0.15, 0.2) is 0 Å². The molecule has 0 aliphatic rings. The van der Waals surface area contributed by atoms with Crippen molar-refractivity contribution >= 4 is 31.9 Å². The van der Waals surface area contributed by atoms with Crippen LogP contribution < -0.4 is 0 Å². The largest absolute Gasteiger partial charge is 0.0894 e. The van der Waals surface area contributed by atoms with Gasteiger partial charge in [-0.25, -0.2) is 0 Å². The van der Waals surface area contributed by atoms with Gasteiger partial charge in [0.25, 0.3) is 0 Å². The fourth-order valence-electron chi connectivity index (χ4n) is 0.677. The first-order chi connectivity index (χ1) is 4.48. The van der Waals surface area contributed by atoms with Crippen LogP contribution in [0.1, 0.15) is 40.0 Å². The summed E-state index contributed by atoms with van der Waals surface area (Å²) in [6, 6.07) is 0. The Balaban J connectivity index is 3.46. The van der Waals surface area contributed by atoms with E-state index in [1.54, 1.807) is 0 Å². The molecule has 62 valence electrons. The standard InChI is InChI=1S/C8H16Br2/c1-4-8(3,10)6-5-7(2)9/h7H,4-6H2,1-3H3. The second-order valence-corrected chi connectivity index (χ2v) is 6.56. The molecule has 0 aliphatic heterocycles. The molecule has 0 N–H and O–H groups in total. The first-order valence-corrected chi connectivity index (χ1v) is 5.52. The van der Waals surface area contributed by atoms with Crippen LogP contribution in [0.25, 0.3) is 0 Å². The van der Waals surface area contributed by atoms with Crippen LogP contribution in [0.4, 0.5) is 0 Å². The Labute approximate surface area is 81.0 Å². The predicted molar refractivity (Wildman–Crippen MR) is 55.2 cm³/mol. The van der Waals surface area contributed by atoms with Gasteiger partial charge in [-0.15, -0.1) is 0 Å². The number of halogens is 2. The maximum absolute atomic E-state index is 3.69. The molecule has 0 fully saturated rings. The van der Waals surface area contributed by atoms with Crippen molar-refractivity contribution in [2.45, 2.75) is 49.2 Å². The minimum absolute atomic E-state index is 0.356. The third kappa shape index (κ3) is 5.72. The summed E-state index contributed by atoms with van der Waals surface area (Å²) in [6.07, 6.45) is 3.69. The van der Waals surface area contributed by atoms with E-state index in [0.29, 0.717) is 9.15 Å². The molecule has 0 spiro atoms. The molecule has 0 aromatic rings. The zero-order valence-corrected chi connectivity index (χ0v) is 10.1. The Kier molecular flexibility index (Phi) is 5.22. The van der Waals surface area contributed by atoms with Crippen LogP contribution in [0, 0.1) is 0 Å². The normalized spacial score (nSPS) is 20.1. The van der Waals surface area contributed by atoms with E-state index in [9.17, 15) is 0 Å². The second kappa shape index (κ2) is 4.76. The van der Waals surface area contributed by atoms with E-state index in [1.165, 1.54) is 19.3 Å². The highest BCUT2D eigenvalue weighted by atomic mass is 79.9. The number of hydrogen-bond donors (Lipinski definition) is 0. The third-order valence-corrected chi connectivity index (χ3v) is 3.22. The summed E-state index contributed by atoms with van der Waals surface area (Å²) >= 11 is 7.22. The van der Waals surface area contributed by atoms with Crippen LogP contribution in [-0.2, 0) is 0 Å². The second-order valence-electron chi connectivity index (χ2n) is 3.09. The average Bonchev–Trinajstić information content (AvgIpc) is 1.85. The summed E-state index contributed by atoms with van der Waals surface area (Å²) < 4.78 is 0.356. The summed E-state index contributed by atoms with van der Waals surface area (Å²) in [7, 11) is 0. The molecule has 0 rings (SSSR count). The number of rotatable bonds is 4. The molecular formula is C8H16Br2. The van der Waals surface area contributed by atoms with Gasteiger partial charge in [0.05, 0.1) is 0 Å². The Bertz CT molecular complexity index is 87.3. The molecule has 0 heterocycles. The average molecular weight is 272 g/mol. The number of hydrogen-bond acceptors (Lipinski definition) is 0. The molecule has 0 radical (unpaired) electrons. The van der Waals surface area contributed by atoms with Crippen molar-refractivity contribution in [1.29, 1.82) is 0 Å². The topological polar surface area (TPSA) is 0 Å². The molecule has 0 saturated heterocycles. The predicted octanol–water partition coefficient (Wildman–Crippen LogP) is 4.11. The van der Waals surface area contributed by atoms with Gasteiger partial charge in [-0.2, -0.15) is 0 Å². The van der Waals surface area contributed by atoms with Crippen LogP contribution in [-0.4, -0.2) is 9.15 Å². The molecule has 0 aromatic heterocycles. The lowest BCUT2D eigenvalue weighted by Gasteiger charge is -2.20. The first-order valence-electron chi connectivity index (χ1n) is 3.81. The van der Waals surface area contributed by atoms with Crippen molar-refractivity contribution in [2.75, 3.05) is 0 Å². The summed E-state index contributed by atoms with van der Waals surface area (Å²) in [5.74, 6) is 0. The quantitative estimate of drug-likeness (QED) is 0.675. The highest BCUT2D eigenvalue weighted by Gasteiger charge is 2.17. The lowest BCUT2D eigenvalue weighted by atomic mass is 10.0. The summed E-state index contributed by atoms with van der Waals surface area (Å²) in [5.41, 5.74) is 0. The first kappa shape index (κ1) is 11.0. The molecular weight excluding hydrogens is 256 g/mol. The van der Waals surface area contributed by atoms with E-state index < -0.39 is 0 Å². The zero-order valence-electron chi connectivity index (χ0n) is 6.95. The minimum atomic E-state index is 0.356.